The minimum Gasteiger partial charge on any atom is -0.317 e. The monoisotopic (exact) mass is 458 g/mol. The molecule has 8 rings (SSSR count). The Morgan fingerprint density at radius 2 is 1.11 bits per heavy atom. The Morgan fingerprint density at radius 1 is 0.361 bits per heavy atom. The summed E-state index contributed by atoms with van der Waals surface area (Å²) in [5, 5.41) is 8.91. The molecular weight excluding hydrogens is 436 g/mol. The normalized spacial score (nSPS) is 11.9. The minimum absolute atomic E-state index is 1.18. The number of para-hydroxylation sites is 2. The van der Waals surface area contributed by atoms with Gasteiger partial charge in [0.05, 0.1) is 16.6 Å². The van der Waals surface area contributed by atoms with Gasteiger partial charge in [-0.3, -0.25) is 0 Å². The number of hydrogen-bond acceptors (Lipinski definition) is 0. The molecule has 0 bridgehead atoms. The highest BCUT2D eigenvalue weighted by molar-refractivity contribution is 6.14. The Labute approximate surface area is 208 Å². The van der Waals surface area contributed by atoms with Gasteiger partial charge in [0, 0.05) is 33.7 Å². The van der Waals surface area contributed by atoms with Crippen molar-refractivity contribution in [1.82, 2.24) is 9.13 Å². The molecule has 0 atom stereocenters. The highest BCUT2D eigenvalue weighted by atomic mass is 15.0. The zero-order valence-corrected chi connectivity index (χ0v) is 19.6. The van der Waals surface area contributed by atoms with Gasteiger partial charge in [-0.25, -0.2) is 0 Å². The molecule has 2 heteroatoms. The average molecular weight is 459 g/mol. The molecule has 2 heterocycles. The third-order valence-electron chi connectivity index (χ3n) is 7.50. The van der Waals surface area contributed by atoms with Crippen molar-refractivity contribution in [1.29, 1.82) is 0 Å². The summed E-state index contributed by atoms with van der Waals surface area (Å²) in [5.74, 6) is 0. The van der Waals surface area contributed by atoms with Crippen LogP contribution in [0.5, 0.6) is 0 Å². The third-order valence-corrected chi connectivity index (χ3v) is 7.50. The number of benzene rings is 6. The lowest BCUT2D eigenvalue weighted by atomic mass is 10.0. The standard InChI is InChI=1S/C34H22N2/c1-2-9-26(10-3-1)35-19-18-25-21-34-31(22-33(25)35)30-12-6-7-13-32(30)36(34)27-16-17-29-24(20-27)15-14-23-8-4-5-11-28(23)29/h1-22H. The molecule has 0 aliphatic rings. The van der Waals surface area contributed by atoms with E-state index >= 15 is 0 Å². The van der Waals surface area contributed by atoms with Gasteiger partial charge in [-0.15, -0.1) is 0 Å². The van der Waals surface area contributed by atoms with Crippen molar-refractivity contribution in [3.05, 3.63) is 134 Å². The summed E-state index contributed by atoms with van der Waals surface area (Å²) < 4.78 is 4.70. The van der Waals surface area contributed by atoms with Gasteiger partial charge in [0.2, 0.25) is 0 Å². The van der Waals surface area contributed by atoms with Gasteiger partial charge in [0.1, 0.15) is 0 Å². The summed E-state index contributed by atoms with van der Waals surface area (Å²) >= 11 is 0. The van der Waals surface area contributed by atoms with Gasteiger partial charge < -0.3 is 9.13 Å². The van der Waals surface area contributed by atoms with Crippen molar-refractivity contribution in [2.45, 2.75) is 0 Å². The summed E-state index contributed by atoms with van der Waals surface area (Å²) in [6, 6.07) is 46.2. The molecule has 168 valence electrons. The van der Waals surface area contributed by atoms with Crippen LogP contribution >= 0.6 is 0 Å². The molecule has 0 aliphatic carbocycles. The van der Waals surface area contributed by atoms with Crippen molar-refractivity contribution in [2.75, 3.05) is 0 Å². The summed E-state index contributed by atoms with van der Waals surface area (Å²) in [4.78, 5) is 0. The molecule has 0 saturated carbocycles. The highest BCUT2D eigenvalue weighted by Gasteiger charge is 2.15. The SMILES string of the molecule is c1ccc(-n2ccc3cc4c(cc32)c2ccccc2n4-c2ccc3c(ccc4ccccc43)c2)cc1. The predicted octanol–water partition coefficient (Wildman–Crippen LogP) is 9.03. The second-order valence-electron chi connectivity index (χ2n) is 9.49. The molecule has 0 unspecified atom stereocenters. The third kappa shape index (κ3) is 2.73. The fourth-order valence-corrected chi connectivity index (χ4v) is 5.83. The van der Waals surface area contributed by atoms with E-state index in [1.165, 1.54) is 65.6 Å². The van der Waals surface area contributed by atoms with Gasteiger partial charge in [0.15, 0.2) is 0 Å². The molecule has 0 N–H and O–H groups in total. The van der Waals surface area contributed by atoms with Crippen LogP contribution in [0.25, 0.3) is 65.6 Å². The van der Waals surface area contributed by atoms with E-state index in [4.69, 9.17) is 0 Å². The largest absolute Gasteiger partial charge is 0.317 e. The molecule has 0 fully saturated rings. The molecular formula is C34H22N2. The molecule has 0 spiro atoms. The molecule has 6 aromatic carbocycles. The first-order chi connectivity index (χ1) is 17.8. The smallest absolute Gasteiger partial charge is 0.0548 e. The van der Waals surface area contributed by atoms with Crippen molar-refractivity contribution >= 4 is 54.3 Å². The van der Waals surface area contributed by atoms with Crippen LogP contribution in [0.3, 0.4) is 0 Å². The van der Waals surface area contributed by atoms with E-state index < -0.39 is 0 Å². The second kappa shape index (κ2) is 7.34. The molecule has 0 amide bonds. The average Bonchev–Trinajstić information content (AvgIpc) is 3.50. The van der Waals surface area contributed by atoms with Gasteiger partial charge >= 0.3 is 0 Å². The maximum absolute atomic E-state index is 2.42. The van der Waals surface area contributed by atoms with Crippen LogP contribution in [0, 0.1) is 0 Å². The van der Waals surface area contributed by atoms with Crippen molar-refractivity contribution in [2.24, 2.45) is 0 Å². The number of fused-ring (bicyclic) bond motifs is 7. The summed E-state index contributed by atoms with van der Waals surface area (Å²) in [6.45, 7) is 0. The minimum atomic E-state index is 1.18. The number of hydrogen-bond donors (Lipinski definition) is 0. The second-order valence-corrected chi connectivity index (χ2v) is 9.49. The van der Waals surface area contributed by atoms with E-state index in [9.17, 15) is 0 Å². The summed E-state index contributed by atoms with van der Waals surface area (Å²) in [5.41, 5.74) is 6.05. The first-order valence-electron chi connectivity index (χ1n) is 12.4. The molecule has 2 nitrogen and oxygen atoms in total. The fraction of sp³-hybridized carbons (Fsp3) is 0. The Balaban J connectivity index is 1.43. The lowest BCUT2D eigenvalue weighted by Crippen LogP contribution is -1.94. The highest BCUT2D eigenvalue weighted by Crippen LogP contribution is 2.37. The summed E-state index contributed by atoms with van der Waals surface area (Å²) in [6.07, 6.45) is 2.17. The lowest BCUT2D eigenvalue weighted by Gasteiger charge is -2.11. The molecule has 8 aromatic rings. The first kappa shape index (κ1) is 19.5. The molecule has 0 radical (unpaired) electrons. The zero-order chi connectivity index (χ0) is 23.6. The molecule has 0 aliphatic heterocycles. The van der Waals surface area contributed by atoms with Gasteiger partial charge in [-0.2, -0.15) is 0 Å². The van der Waals surface area contributed by atoms with Crippen LogP contribution < -0.4 is 0 Å². The lowest BCUT2D eigenvalue weighted by molar-refractivity contribution is 1.13. The van der Waals surface area contributed by atoms with E-state index in [1.54, 1.807) is 0 Å². The van der Waals surface area contributed by atoms with E-state index in [1.807, 2.05) is 0 Å². The Kier molecular flexibility index (Phi) is 3.97. The fourth-order valence-electron chi connectivity index (χ4n) is 5.83. The Morgan fingerprint density at radius 3 is 2.03 bits per heavy atom. The van der Waals surface area contributed by atoms with E-state index in [2.05, 4.69) is 143 Å². The quantitative estimate of drug-likeness (QED) is 0.229. The predicted molar refractivity (Wildman–Crippen MR) is 153 cm³/mol. The molecule has 36 heavy (non-hydrogen) atoms. The van der Waals surface area contributed by atoms with E-state index in [-0.39, 0.29) is 0 Å². The topological polar surface area (TPSA) is 9.86 Å². The van der Waals surface area contributed by atoms with Gasteiger partial charge in [-0.1, -0.05) is 78.9 Å². The van der Waals surface area contributed by atoms with Crippen LogP contribution in [-0.4, -0.2) is 9.13 Å². The van der Waals surface area contributed by atoms with Crippen LogP contribution in [0.4, 0.5) is 0 Å². The van der Waals surface area contributed by atoms with Crippen molar-refractivity contribution in [3.63, 3.8) is 0 Å². The van der Waals surface area contributed by atoms with Crippen LogP contribution in [0.1, 0.15) is 0 Å². The van der Waals surface area contributed by atoms with E-state index in [0.717, 1.165) is 0 Å². The van der Waals surface area contributed by atoms with Crippen molar-refractivity contribution < 1.29 is 0 Å². The van der Waals surface area contributed by atoms with Crippen LogP contribution in [-0.2, 0) is 0 Å². The Hall–Kier alpha value is -4.82. The number of aromatic nitrogens is 2. The van der Waals surface area contributed by atoms with Crippen LogP contribution in [0.15, 0.2) is 134 Å². The van der Waals surface area contributed by atoms with Crippen molar-refractivity contribution in [3.8, 4) is 11.4 Å². The Bertz CT molecular complexity index is 2090. The first-order valence-corrected chi connectivity index (χ1v) is 12.4. The van der Waals surface area contributed by atoms with Gasteiger partial charge in [-0.05, 0) is 70.1 Å². The molecule has 2 aromatic heterocycles. The molecule has 0 saturated heterocycles. The van der Waals surface area contributed by atoms with Gasteiger partial charge in [0.25, 0.3) is 0 Å². The zero-order valence-electron chi connectivity index (χ0n) is 19.6. The number of nitrogens with zero attached hydrogens (tertiary/aromatic N) is 2. The maximum atomic E-state index is 2.42. The maximum Gasteiger partial charge on any atom is 0.0548 e. The number of rotatable bonds is 2. The summed E-state index contributed by atoms with van der Waals surface area (Å²) in [7, 11) is 0. The van der Waals surface area contributed by atoms with Crippen LogP contribution in [0.2, 0.25) is 0 Å². The van der Waals surface area contributed by atoms with E-state index in [0.29, 0.717) is 0 Å².